The molecule has 6 heteroatoms. The van der Waals surface area contributed by atoms with E-state index in [1.807, 2.05) is 10.6 Å². The predicted octanol–water partition coefficient (Wildman–Crippen LogP) is 5.62. The van der Waals surface area contributed by atoms with Gasteiger partial charge in [0, 0.05) is 23.6 Å². The average molecular weight is 492 g/mol. The maximum atomic E-state index is 15.0. The number of rotatable bonds is 6. The van der Waals surface area contributed by atoms with Gasteiger partial charge in [-0.05, 0) is 86.5 Å². The second-order valence-electron chi connectivity index (χ2n) is 12.8. The summed E-state index contributed by atoms with van der Waals surface area (Å²) in [7, 11) is 0. The Hall–Kier alpha value is -2.21. The van der Waals surface area contributed by atoms with Gasteiger partial charge in [-0.3, -0.25) is 4.79 Å². The Morgan fingerprint density at radius 1 is 1.17 bits per heavy atom. The first kappa shape index (κ1) is 22.9. The zero-order chi connectivity index (χ0) is 24.4. The average Bonchev–Trinajstić information content (AvgIpc) is 3.45. The van der Waals surface area contributed by atoms with Crippen molar-refractivity contribution >= 4 is 5.91 Å². The van der Waals surface area contributed by atoms with Crippen molar-refractivity contribution in [2.75, 3.05) is 0 Å². The fourth-order valence-corrected chi connectivity index (χ4v) is 9.32. The minimum Gasteiger partial charge on any atom is -0.392 e. The Bertz CT molecular complexity index is 1140. The minimum atomic E-state index is -0.490. The summed E-state index contributed by atoms with van der Waals surface area (Å²) in [6.07, 6.45) is 15.9. The highest BCUT2D eigenvalue weighted by molar-refractivity contribution is 5.76. The van der Waals surface area contributed by atoms with Crippen LogP contribution in [0.25, 0.3) is 11.3 Å². The van der Waals surface area contributed by atoms with Crippen LogP contribution in [-0.2, 0) is 4.79 Å². The van der Waals surface area contributed by atoms with Crippen molar-refractivity contribution in [3.8, 4) is 11.3 Å². The van der Waals surface area contributed by atoms with E-state index in [9.17, 15) is 14.3 Å². The predicted molar refractivity (Wildman–Crippen MR) is 135 cm³/mol. The second kappa shape index (κ2) is 8.68. The summed E-state index contributed by atoms with van der Waals surface area (Å²) >= 11 is 0. The summed E-state index contributed by atoms with van der Waals surface area (Å²) in [6, 6.07) is 5.30. The number of carbonyl (C=O) groups is 1. The quantitative estimate of drug-likeness (QED) is 0.551. The minimum absolute atomic E-state index is 0.115. The van der Waals surface area contributed by atoms with Gasteiger partial charge in [0.25, 0.3) is 0 Å². The summed E-state index contributed by atoms with van der Waals surface area (Å²) in [5.74, 6) is 2.17. The largest absolute Gasteiger partial charge is 0.392 e. The molecule has 1 aliphatic heterocycles. The van der Waals surface area contributed by atoms with Crippen LogP contribution in [0.5, 0.6) is 0 Å². The summed E-state index contributed by atoms with van der Waals surface area (Å²) in [6.45, 7) is 0. The molecule has 5 fully saturated rings. The molecule has 6 aliphatic rings. The molecule has 5 nitrogen and oxygen atoms in total. The lowest BCUT2D eigenvalue weighted by Gasteiger charge is -2.61. The maximum Gasteiger partial charge on any atom is 0.220 e. The number of nitrogens with one attached hydrogen (secondary N) is 1. The number of amides is 1. The van der Waals surface area contributed by atoms with Crippen molar-refractivity contribution in [3.63, 3.8) is 0 Å². The monoisotopic (exact) mass is 491 g/mol. The number of aromatic nitrogens is 2. The van der Waals surface area contributed by atoms with Gasteiger partial charge in [-0.2, -0.15) is 0 Å². The number of hydrogen-bond donors (Lipinski definition) is 2. The molecule has 0 saturated heterocycles. The normalized spacial score (nSPS) is 35.4. The van der Waals surface area contributed by atoms with Crippen LogP contribution in [-0.4, -0.2) is 32.7 Å². The van der Waals surface area contributed by atoms with Crippen molar-refractivity contribution in [2.45, 2.75) is 95.2 Å². The van der Waals surface area contributed by atoms with Gasteiger partial charge in [0.2, 0.25) is 5.91 Å². The van der Waals surface area contributed by atoms with Crippen LogP contribution < -0.4 is 5.32 Å². The van der Waals surface area contributed by atoms with Crippen LogP contribution in [0.4, 0.5) is 4.39 Å². The molecule has 8 rings (SSSR count). The first-order valence-electron chi connectivity index (χ1n) is 14.3. The van der Waals surface area contributed by atoms with Gasteiger partial charge in [-0.1, -0.05) is 31.4 Å². The fourth-order valence-electron chi connectivity index (χ4n) is 9.32. The highest BCUT2D eigenvalue weighted by Crippen LogP contribution is 2.62. The lowest BCUT2D eigenvalue weighted by Crippen LogP contribution is -2.62. The third kappa shape index (κ3) is 3.66. The molecule has 2 aromatic rings. The molecule has 192 valence electrons. The van der Waals surface area contributed by atoms with E-state index in [0.717, 1.165) is 30.5 Å². The van der Waals surface area contributed by atoms with Crippen LogP contribution in [0.15, 0.2) is 30.7 Å². The Labute approximate surface area is 212 Å². The summed E-state index contributed by atoms with van der Waals surface area (Å²) in [4.78, 5) is 17.3. The van der Waals surface area contributed by atoms with Crippen molar-refractivity contribution in [1.82, 2.24) is 14.9 Å². The van der Waals surface area contributed by atoms with Crippen LogP contribution in [0, 0.1) is 34.9 Å². The van der Waals surface area contributed by atoms with Crippen LogP contribution in [0.1, 0.15) is 88.7 Å². The maximum absolute atomic E-state index is 15.0. The molecule has 6 unspecified atom stereocenters. The molecule has 5 aliphatic carbocycles. The third-order valence-corrected chi connectivity index (χ3v) is 10.7. The van der Waals surface area contributed by atoms with E-state index in [4.69, 9.17) is 0 Å². The molecular weight excluding hydrogens is 453 g/mol. The van der Waals surface area contributed by atoms with Crippen LogP contribution in [0.2, 0.25) is 0 Å². The summed E-state index contributed by atoms with van der Waals surface area (Å²) in [5, 5.41) is 15.3. The van der Waals surface area contributed by atoms with E-state index in [0.29, 0.717) is 42.1 Å². The molecule has 36 heavy (non-hydrogen) atoms. The highest BCUT2D eigenvalue weighted by Gasteiger charge is 2.58. The molecule has 2 heterocycles. The van der Waals surface area contributed by atoms with Gasteiger partial charge < -0.3 is 15.0 Å². The van der Waals surface area contributed by atoms with Crippen molar-refractivity contribution in [1.29, 1.82) is 0 Å². The lowest BCUT2D eigenvalue weighted by molar-refractivity contribution is -0.145. The van der Waals surface area contributed by atoms with Gasteiger partial charge in [0.1, 0.15) is 5.82 Å². The molecule has 2 N–H and O–H groups in total. The van der Waals surface area contributed by atoms with Gasteiger partial charge in [0.15, 0.2) is 0 Å². The lowest BCUT2D eigenvalue weighted by atomic mass is 9.46. The Kier molecular flexibility index (Phi) is 5.53. The smallest absolute Gasteiger partial charge is 0.220 e. The number of imidazole rings is 1. The zero-order valence-corrected chi connectivity index (χ0v) is 21.0. The van der Waals surface area contributed by atoms with E-state index >= 15 is 0 Å². The van der Waals surface area contributed by atoms with E-state index in [2.05, 4.69) is 10.3 Å². The number of nitrogens with zero attached hydrogens (tertiary/aromatic N) is 2. The highest BCUT2D eigenvalue weighted by atomic mass is 19.1. The van der Waals surface area contributed by atoms with E-state index in [1.54, 1.807) is 18.6 Å². The Morgan fingerprint density at radius 3 is 2.72 bits per heavy atom. The van der Waals surface area contributed by atoms with Crippen LogP contribution >= 0.6 is 0 Å². The van der Waals surface area contributed by atoms with E-state index in [1.165, 1.54) is 51.0 Å². The van der Waals surface area contributed by atoms with Gasteiger partial charge in [-0.25, -0.2) is 9.37 Å². The summed E-state index contributed by atoms with van der Waals surface area (Å²) in [5.41, 5.74) is 2.42. The zero-order valence-electron chi connectivity index (χ0n) is 21.0. The Morgan fingerprint density at radius 2 is 1.94 bits per heavy atom. The first-order chi connectivity index (χ1) is 17.5. The number of benzene rings is 1. The second-order valence-corrected chi connectivity index (χ2v) is 12.8. The van der Waals surface area contributed by atoms with E-state index < -0.39 is 6.10 Å². The molecule has 5 saturated carbocycles. The number of aliphatic hydroxyl groups excluding tert-OH is 1. The molecule has 1 aromatic carbocycles. The molecule has 7 atom stereocenters. The fraction of sp³-hybridized carbons (Fsp3) is 0.667. The molecular formula is C30H38FN3O2. The number of hydrogen-bond acceptors (Lipinski definition) is 3. The molecule has 4 bridgehead atoms. The van der Waals surface area contributed by atoms with Crippen molar-refractivity contribution in [2.24, 2.45) is 29.1 Å². The topological polar surface area (TPSA) is 67.2 Å². The Balaban J connectivity index is 1.07. The molecule has 1 amide bonds. The molecule has 0 spiro atoms. The van der Waals surface area contributed by atoms with Crippen molar-refractivity contribution in [3.05, 3.63) is 42.1 Å². The van der Waals surface area contributed by atoms with Gasteiger partial charge >= 0.3 is 0 Å². The number of aliphatic hydroxyl groups is 1. The van der Waals surface area contributed by atoms with E-state index in [-0.39, 0.29) is 29.2 Å². The standard InChI is InChI=1S/C30H38FN3O2/c31-23-8-4-7-22-25-16-32-17-34(25)24(28(22)23)12-26(35)30-13-19-9-20(14-30)29(21(10-19)15-30)33-27(36)11-18-5-2-1-3-6-18/h4,7-8,16-21,24,26,29,35H,1-3,5-6,9-15H2,(H,33,36)/t19?,20-,21?,24?,26?,29?,30?/m1/s1. The van der Waals surface area contributed by atoms with Gasteiger partial charge in [-0.15, -0.1) is 0 Å². The number of carbonyl (C=O) groups excluding carboxylic acids is 1. The van der Waals surface area contributed by atoms with Crippen LogP contribution in [0.3, 0.4) is 0 Å². The molecule has 1 aromatic heterocycles. The molecule has 0 radical (unpaired) electrons. The number of fused-ring (bicyclic) bond motifs is 3. The third-order valence-electron chi connectivity index (χ3n) is 10.7. The number of halogens is 1. The van der Waals surface area contributed by atoms with Gasteiger partial charge in [0.05, 0.1) is 30.4 Å². The summed E-state index contributed by atoms with van der Waals surface area (Å²) < 4.78 is 17.0. The van der Waals surface area contributed by atoms with Crippen molar-refractivity contribution < 1.29 is 14.3 Å². The SMILES string of the molecule is O=C(CC1CCCCC1)NC1C2CC3C[C@@H]1CC(C(O)CC1c4c(F)cccc4-c4cncn41)(C3)C2. The first-order valence-corrected chi connectivity index (χ1v) is 14.3.